The Balaban J connectivity index is 1.31. The number of fused-ring (bicyclic) bond motifs is 1. The Morgan fingerprint density at radius 3 is 2.59 bits per heavy atom. The Kier molecular flexibility index (Phi) is 6.00. The molecule has 1 aliphatic heterocycles. The topological polar surface area (TPSA) is 78.1 Å². The largest absolute Gasteiger partial charge is 0.326 e. The lowest BCUT2D eigenvalue weighted by molar-refractivity contribution is -0.116. The van der Waals surface area contributed by atoms with E-state index in [1.54, 1.807) is 0 Å². The molecular formula is C23H26N4O2. The van der Waals surface area contributed by atoms with Gasteiger partial charge in [0.05, 0.1) is 11.0 Å². The van der Waals surface area contributed by atoms with Crippen LogP contribution < -0.4 is 10.9 Å². The first-order valence-electron chi connectivity index (χ1n) is 10.3. The molecular weight excluding hydrogens is 364 g/mol. The van der Waals surface area contributed by atoms with Crippen molar-refractivity contribution in [2.75, 3.05) is 18.4 Å². The van der Waals surface area contributed by atoms with Crippen LogP contribution in [-0.2, 0) is 17.8 Å². The number of amides is 1. The van der Waals surface area contributed by atoms with E-state index in [0.717, 1.165) is 17.7 Å². The lowest BCUT2D eigenvalue weighted by atomic mass is 10.1. The number of likely N-dealkylation sites (tertiary alicyclic amines) is 1. The molecule has 150 valence electrons. The van der Waals surface area contributed by atoms with Crippen LogP contribution in [0.15, 0.2) is 53.3 Å². The SMILES string of the molecule is O=C(CCc1nc2ccccc2[nH]c1=O)Nc1ccc(CN2CCCCC2)cc1. The third-order valence-electron chi connectivity index (χ3n) is 5.35. The molecule has 29 heavy (non-hydrogen) atoms. The average Bonchev–Trinajstić information content (AvgIpc) is 2.74. The Bertz CT molecular complexity index is 1040. The van der Waals surface area contributed by atoms with Crippen molar-refractivity contribution in [2.24, 2.45) is 0 Å². The fourth-order valence-corrected chi connectivity index (χ4v) is 3.76. The predicted octanol–water partition coefficient (Wildman–Crippen LogP) is 3.48. The van der Waals surface area contributed by atoms with Crippen LogP contribution in [0.2, 0.25) is 0 Å². The molecule has 6 nitrogen and oxygen atoms in total. The van der Waals surface area contributed by atoms with Gasteiger partial charge in [-0.05, 0) is 55.8 Å². The van der Waals surface area contributed by atoms with Crippen LogP contribution in [0.4, 0.5) is 5.69 Å². The molecule has 1 aromatic heterocycles. The zero-order valence-corrected chi connectivity index (χ0v) is 16.5. The number of para-hydroxylation sites is 2. The van der Waals surface area contributed by atoms with E-state index < -0.39 is 0 Å². The molecule has 0 unspecified atom stereocenters. The van der Waals surface area contributed by atoms with E-state index in [4.69, 9.17) is 0 Å². The van der Waals surface area contributed by atoms with Gasteiger partial charge in [-0.1, -0.05) is 30.7 Å². The summed E-state index contributed by atoms with van der Waals surface area (Å²) in [6, 6.07) is 15.4. The van der Waals surface area contributed by atoms with E-state index >= 15 is 0 Å². The molecule has 0 bridgehead atoms. The summed E-state index contributed by atoms with van der Waals surface area (Å²) < 4.78 is 0. The summed E-state index contributed by atoms with van der Waals surface area (Å²) in [6.07, 6.45) is 4.41. The monoisotopic (exact) mass is 390 g/mol. The molecule has 1 aliphatic rings. The van der Waals surface area contributed by atoms with Crippen molar-refractivity contribution in [3.8, 4) is 0 Å². The lowest BCUT2D eigenvalue weighted by Crippen LogP contribution is -2.29. The molecule has 1 amide bonds. The molecule has 2 N–H and O–H groups in total. The fourth-order valence-electron chi connectivity index (χ4n) is 3.76. The van der Waals surface area contributed by atoms with Gasteiger partial charge in [-0.3, -0.25) is 14.5 Å². The molecule has 1 fully saturated rings. The molecule has 1 saturated heterocycles. The van der Waals surface area contributed by atoms with Gasteiger partial charge in [0.1, 0.15) is 5.69 Å². The molecule has 0 aliphatic carbocycles. The second-order valence-corrected chi connectivity index (χ2v) is 7.61. The highest BCUT2D eigenvalue weighted by Gasteiger charge is 2.11. The highest BCUT2D eigenvalue weighted by Crippen LogP contribution is 2.15. The van der Waals surface area contributed by atoms with Crippen LogP contribution in [0.3, 0.4) is 0 Å². The molecule has 4 rings (SSSR count). The Morgan fingerprint density at radius 1 is 1.03 bits per heavy atom. The first-order valence-corrected chi connectivity index (χ1v) is 10.3. The predicted molar refractivity (Wildman–Crippen MR) is 115 cm³/mol. The molecule has 2 aromatic carbocycles. The van der Waals surface area contributed by atoms with Crippen molar-refractivity contribution in [1.29, 1.82) is 0 Å². The number of hydrogen-bond acceptors (Lipinski definition) is 4. The van der Waals surface area contributed by atoms with E-state index in [0.29, 0.717) is 17.6 Å². The number of carbonyl (C=O) groups excluding carboxylic acids is 1. The van der Waals surface area contributed by atoms with Crippen LogP contribution in [-0.4, -0.2) is 33.9 Å². The number of piperidine rings is 1. The van der Waals surface area contributed by atoms with Crippen molar-refractivity contribution in [1.82, 2.24) is 14.9 Å². The van der Waals surface area contributed by atoms with Crippen molar-refractivity contribution < 1.29 is 4.79 Å². The zero-order chi connectivity index (χ0) is 20.1. The summed E-state index contributed by atoms with van der Waals surface area (Å²) in [5, 5.41) is 2.91. The summed E-state index contributed by atoms with van der Waals surface area (Å²) in [6.45, 7) is 3.30. The Morgan fingerprint density at radius 2 is 1.79 bits per heavy atom. The second-order valence-electron chi connectivity index (χ2n) is 7.61. The van der Waals surface area contributed by atoms with E-state index in [2.05, 4.69) is 32.3 Å². The maximum absolute atomic E-state index is 12.3. The fraction of sp³-hybridized carbons (Fsp3) is 0.348. The number of hydrogen-bond donors (Lipinski definition) is 2. The smallest absolute Gasteiger partial charge is 0.270 e. The summed E-state index contributed by atoms with van der Waals surface area (Å²) in [5.41, 5.74) is 3.62. The molecule has 6 heteroatoms. The molecule has 0 atom stereocenters. The maximum Gasteiger partial charge on any atom is 0.270 e. The number of aromatic amines is 1. The third-order valence-corrected chi connectivity index (χ3v) is 5.35. The zero-order valence-electron chi connectivity index (χ0n) is 16.5. The van der Waals surface area contributed by atoms with E-state index in [-0.39, 0.29) is 17.9 Å². The number of nitrogens with zero attached hydrogens (tertiary/aromatic N) is 2. The standard InChI is InChI=1S/C23H26N4O2/c28-22(13-12-21-23(29)26-20-7-3-2-6-19(20)25-21)24-18-10-8-17(9-11-18)16-27-14-4-1-5-15-27/h2-3,6-11H,1,4-5,12-16H2,(H,24,28)(H,26,29). The van der Waals surface area contributed by atoms with Gasteiger partial charge in [0.2, 0.25) is 5.91 Å². The molecule has 0 spiro atoms. The van der Waals surface area contributed by atoms with E-state index in [1.807, 2.05) is 36.4 Å². The molecule has 2 heterocycles. The first-order chi connectivity index (χ1) is 14.2. The summed E-state index contributed by atoms with van der Waals surface area (Å²) in [7, 11) is 0. The van der Waals surface area contributed by atoms with E-state index in [1.165, 1.54) is 37.9 Å². The highest BCUT2D eigenvalue weighted by molar-refractivity contribution is 5.90. The minimum Gasteiger partial charge on any atom is -0.326 e. The van der Waals surface area contributed by atoms with Crippen molar-refractivity contribution in [2.45, 2.75) is 38.6 Å². The van der Waals surface area contributed by atoms with E-state index in [9.17, 15) is 9.59 Å². The number of carbonyl (C=O) groups is 1. The van der Waals surface area contributed by atoms with Crippen molar-refractivity contribution in [3.63, 3.8) is 0 Å². The van der Waals surface area contributed by atoms with Crippen LogP contribution >= 0.6 is 0 Å². The summed E-state index contributed by atoms with van der Waals surface area (Å²) in [4.78, 5) is 34.1. The maximum atomic E-state index is 12.3. The first kappa shape index (κ1) is 19.3. The van der Waals surface area contributed by atoms with Gasteiger partial charge in [0.25, 0.3) is 5.56 Å². The highest BCUT2D eigenvalue weighted by atomic mass is 16.1. The molecule has 0 radical (unpaired) electrons. The van der Waals surface area contributed by atoms with Gasteiger partial charge in [0, 0.05) is 25.1 Å². The molecule has 0 saturated carbocycles. The number of benzene rings is 2. The van der Waals surface area contributed by atoms with Gasteiger partial charge >= 0.3 is 0 Å². The average molecular weight is 390 g/mol. The number of aromatic nitrogens is 2. The van der Waals surface area contributed by atoms with Crippen LogP contribution in [0.1, 0.15) is 36.9 Å². The number of rotatable bonds is 6. The second kappa shape index (κ2) is 9.01. The minimum absolute atomic E-state index is 0.122. The number of anilines is 1. The lowest BCUT2D eigenvalue weighted by Gasteiger charge is -2.26. The number of nitrogens with one attached hydrogen (secondary N) is 2. The van der Waals surface area contributed by atoms with Crippen molar-refractivity contribution in [3.05, 3.63) is 70.1 Å². The van der Waals surface area contributed by atoms with Gasteiger partial charge in [-0.2, -0.15) is 0 Å². The van der Waals surface area contributed by atoms with Crippen LogP contribution in [0.25, 0.3) is 11.0 Å². The van der Waals surface area contributed by atoms with Gasteiger partial charge in [-0.25, -0.2) is 4.98 Å². The third kappa shape index (κ3) is 5.09. The Labute approximate surface area is 170 Å². The quantitative estimate of drug-likeness (QED) is 0.675. The number of H-pyrrole nitrogens is 1. The summed E-state index contributed by atoms with van der Waals surface area (Å²) in [5.74, 6) is -0.122. The van der Waals surface area contributed by atoms with Gasteiger partial charge in [0.15, 0.2) is 0 Å². The van der Waals surface area contributed by atoms with Crippen molar-refractivity contribution >= 4 is 22.6 Å². The van der Waals surface area contributed by atoms with Crippen LogP contribution in [0, 0.1) is 0 Å². The Hall–Kier alpha value is -2.99. The summed E-state index contributed by atoms with van der Waals surface area (Å²) >= 11 is 0. The number of aryl methyl sites for hydroxylation is 1. The minimum atomic E-state index is -0.237. The van der Waals surface area contributed by atoms with Gasteiger partial charge < -0.3 is 10.3 Å². The molecule has 3 aromatic rings. The normalized spacial score (nSPS) is 14.8. The van der Waals surface area contributed by atoms with Gasteiger partial charge in [-0.15, -0.1) is 0 Å². The van der Waals surface area contributed by atoms with Crippen LogP contribution in [0.5, 0.6) is 0 Å².